The van der Waals surface area contributed by atoms with E-state index in [1.54, 1.807) is 24.4 Å². The van der Waals surface area contributed by atoms with Crippen LogP contribution in [0.1, 0.15) is 0 Å². The number of pyridine rings is 2. The van der Waals surface area contributed by atoms with Crippen molar-refractivity contribution in [3.05, 3.63) is 65.7 Å². The molecule has 6 nitrogen and oxygen atoms in total. The zero-order valence-corrected chi connectivity index (χ0v) is 13.4. The Bertz CT molecular complexity index is 1100. The summed E-state index contributed by atoms with van der Waals surface area (Å²) in [6, 6.07) is 17.0. The highest BCUT2D eigenvalue weighted by Gasteiger charge is 2.11. The molecule has 4 aromatic rings. The molecule has 4 rings (SSSR count). The van der Waals surface area contributed by atoms with Gasteiger partial charge in [-0.15, -0.1) is 4.91 Å². The molecule has 1 N–H and O–H groups in total. The quantitative estimate of drug-likeness (QED) is 0.424. The number of benzene rings is 2. The van der Waals surface area contributed by atoms with Crippen LogP contribution in [-0.4, -0.2) is 17.1 Å². The van der Waals surface area contributed by atoms with E-state index >= 15 is 0 Å². The third kappa shape index (κ3) is 2.63. The summed E-state index contributed by atoms with van der Waals surface area (Å²) >= 11 is 0. The third-order valence-electron chi connectivity index (χ3n) is 4.01. The Hall–Kier alpha value is -3.54. The second-order valence-electron chi connectivity index (χ2n) is 5.48. The number of methoxy groups -OCH3 is 1. The van der Waals surface area contributed by atoms with Gasteiger partial charge in [0, 0.05) is 17.0 Å². The third-order valence-corrected chi connectivity index (χ3v) is 4.01. The van der Waals surface area contributed by atoms with Crippen LogP contribution in [0.15, 0.2) is 66.0 Å². The van der Waals surface area contributed by atoms with Gasteiger partial charge < -0.3 is 10.1 Å². The van der Waals surface area contributed by atoms with Gasteiger partial charge in [-0.1, -0.05) is 24.3 Å². The Morgan fingerprint density at radius 2 is 1.76 bits per heavy atom. The molecule has 0 unspecified atom stereocenters. The molecular weight excluding hydrogens is 316 g/mol. The molecule has 2 aromatic heterocycles. The average Bonchev–Trinajstić information content (AvgIpc) is 2.67. The SMILES string of the molecule is COc1cccc(Nc2ccc3ccc4cccnc4c3n2)c1N=O. The van der Waals surface area contributed by atoms with Gasteiger partial charge in [-0.3, -0.25) is 4.98 Å². The molecule has 0 amide bonds. The molecule has 0 atom stereocenters. The number of fused-ring (bicyclic) bond motifs is 3. The van der Waals surface area contributed by atoms with Crippen molar-refractivity contribution in [2.45, 2.75) is 0 Å². The van der Waals surface area contributed by atoms with Crippen molar-refractivity contribution in [3.63, 3.8) is 0 Å². The van der Waals surface area contributed by atoms with Crippen molar-refractivity contribution in [2.24, 2.45) is 5.18 Å². The zero-order valence-electron chi connectivity index (χ0n) is 13.4. The number of aromatic nitrogens is 2. The first-order valence-electron chi connectivity index (χ1n) is 7.72. The van der Waals surface area contributed by atoms with E-state index in [2.05, 4.69) is 20.5 Å². The lowest BCUT2D eigenvalue weighted by Crippen LogP contribution is -1.96. The second-order valence-corrected chi connectivity index (χ2v) is 5.48. The molecule has 0 bridgehead atoms. The summed E-state index contributed by atoms with van der Waals surface area (Å²) in [7, 11) is 1.50. The maximum absolute atomic E-state index is 11.2. The fraction of sp³-hybridized carbons (Fsp3) is 0.0526. The van der Waals surface area contributed by atoms with E-state index in [-0.39, 0.29) is 5.69 Å². The Labute approximate surface area is 143 Å². The van der Waals surface area contributed by atoms with Crippen molar-refractivity contribution >= 4 is 39.0 Å². The summed E-state index contributed by atoms with van der Waals surface area (Å²) in [5, 5.41) is 8.24. The summed E-state index contributed by atoms with van der Waals surface area (Å²) in [5.41, 5.74) is 2.38. The minimum Gasteiger partial charge on any atom is -0.494 e. The summed E-state index contributed by atoms with van der Waals surface area (Å²) in [5.74, 6) is 1.01. The Morgan fingerprint density at radius 3 is 2.56 bits per heavy atom. The van der Waals surface area contributed by atoms with E-state index < -0.39 is 0 Å². The van der Waals surface area contributed by atoms with Gasteiger partial charge in [0.25, 0.3) is 0 Å². The number of hydrogen-bond acceptors (Lipinski definition) is 6. The fourth-order valence-corrected chi connectivity index (χ4v) is 2.81. The lowest BCUT2D eigenvalue weighted by Gasteiger charge is -2.11. The number of nitrogens with one attached hydrogen (secondary N) is 1. The number of nitrogens with zero attached hydrogens (tertiary/aromatic N) is 3. The summed E-state index contributed by atoms with van der Waals surface area (Å²) < 4.78 is 5.18. The molecule has 122 valence electrons. The van der Waals surface area contributed by atoms with Gasteiger partial charge in [0.05, 0.1) is 23.8 Å². The van der Waals surface area contributed by atoms with Gasteiger partial charge in [-0.05, 0) is 35.5 Å². The topological polar surface area (TPSA) is 76.5 Å². The monoisotopic (exact) mass is 330 g/mol. The van der Waals surface area contributed by atoms with Crippen LogP contribution in [0.4, 0.5) is 17.2 Å². The lowest BCUT2D eigenvalue weighted by molar-refractivity contribution is 0.416. The first-order chi connectivity index (χ1) is 12.3. The standard InChI is InChI=1S/C19H14N4O2/c1-25-15-6-2-5-14(19(15)23-24)21-16-10-9-13-8-7-12-4-3-11-20-17(12)18(13)22-16/h2-11H,1H3,(H,21,22). The number of ether oxygens (including phenoxy) is 1. The molecule has 0 saturated heterocycles. The van der Waals surface area contributed by atoms with E-state index in [9.17, 15) is 4.91 Å². The van der Waals surface area contributed by atoms with Gasteiger partial charge in [0.2, 0.25) is 0 Å². The highest BCUT2D eigenvalue weighted by molar-refractivity contribution is 6.03. The first-order valence-corrected chi connectivity index (χ1v) is 7.72. The first kappa shape index (κ1) is 15.0. The van der Waals surface area contributed by atoms with Crippen LogP contribution in [0.3, 0.4) is 0 Å². The number of nitroso groups, excluding NO2 is 1. The zero-order chi connectivity index (χ0) is 17.2. The maximum Gasteiger partial charge on any atom is 0.173 e. The highest BCUT2D eigenvalue weighted by Crippen LogP contribution is 2.36. The lowest BCUT2D eigenvalue weighted by atomic mass is 10.1. The molecule has 2 aromatic carbocycles. The molecule has 0 aliphatic rings. The minimum atomic E-state index is 0.211. The van der Waals surface area contributed by atoms with Crippen molar-refractivity contribution in [2.75, 3.05) is 12.4 Å². The minimum absolute atomic E-state index is 0.211. The molecule has 25 heavy (non-hydrogen) atoms. The van der Waals surface area contributed by atoms with Crippen molar-refractivity contribution < 1.29 is 4.74 Å². The molecule has 0 saturated carbocycles. The molecule has 0 spiro atoms. The molecule has 6 heteroatoms. The molecule has 0 fully saturated rings. The average molecular weight is 330 g/mol. The fourth-order valence-electron chi connectivity index (χ4n) is 2.81. The van der Waals surface area contributed by atoms with Crippen LogP contribution in [0.5, 0.6) is 5.75 Å². The molecule has 0 aliphatic heterocycles. The molecule has 2 heterocycles. The normalized spacial score (nSPS) is 10.8. The predicted octanol–water partition coefficient (Wildman–Crippen LogP) is 4.93. The molecular formula is C19H14N4O2. The number of anilines is 2. The van der Waals surface area contributed by atoms with Crippen LogP contribution in [0, 0.1) is 4.91 Å². The van der Waals surface area contributed by atoms with Gasteiger partial charge >= 0.3 is 0 Å². The van der Waals surface area contributed by atoms with E-state index in [0.717, 1.165) is 21.8 Å². The van der Waals surface area contributed by atoms with Crippen LogP contribution in [-0.2, 0) is 0 Å². The van der Waals surface area contributed by atoms with Gasteiger partial charge in [0.15, 0.2) is 5.69 Å². The van der Waals surface area contributed by atoms with E-state index in [0.29, 0.717) is 17.3 Å². The van der Waals surface area contributed by atoms with Crippen molar-refractivity contribution in [1.82, 2.24) is 9.97 Å². The second kappa shape index (κ2) is 6.16. The summed E-state index contributed by atoms with van der Waals surface area (Å²) in [6.07, 6.45) is 1.75. The van der Waals surface area contributed by atoms with Crippen LogP contribution < -0.4 is 10.1 Å². The largest absolute Gasteiger partial charge is 0.494 e. The number of hydrogen-bond donors (Lipinski definition) is 1. The Morgan fingerprint density at radius 1 is 0.960 bits per heavy atom. The smallest absolute Gasteiger partial charge is 0.173 e. The van der Waals surface area contributed by atoms with Crippen LogP contribution in [0.2, 0.25) is 0 Å². The van der Waals surface area contributed by atoms with E-state index in [1.807, 2.05) is 36.4 Å². The Kier molecular flexibility index (Phi) is 3.70. The van der Waals surface area contributed by atoms with Gasteiger partial charge in [0.1, 0.15) is 11.6 Å². The highest BCUT2D eigenvalue weighted by atomic mass is 16.5. The van der Waals surface area contributed by atoms with E-state index in [4.69, 9.17) is 4.74 Å². The Balaban J connectivity index is 1.83. The van der Waals surface area contributed by atoms with Crippen molar-refractivity contribution in [1.29, 1.82) is 0 Å². The summed E-state index contributed by atoms with van der Waals surface area (Å²) in [6.45, 7) is 0. The molecule has 0 aliphatic carbocycles. The van der Waals surface area contributed by atoms with Gasteiger partial charge in [-0.2, -0.15) is 0 Å². The summed E-state index contributed by atoms with van der Waals surface area (Å²) in [4.78, 5) is 20.3. The predicted molar refractivity (Wildman–Crippen MR) is 98.8 cm³/mol. The number of rotatable bonds is 4. The van der Waals surface area contributed by atoms with E-state index in [1.165, 1.54) is 7.11 Å². The van der Waals surface area contributed by atoms with Crippen LogP contribution in [0.25, 0.3) is 21.8 Å². The van der Waals surface area contributed by atoms with Crippen LogP contribution >= 0.6 is 0 Å². The maximum atomic E-state index is 11.2. The van der Waals surface area contributed by atoms with Gasteiger partial charge in [-0.25, -0.2) is 4.98 Å². The molecule has 0 radical (unpaired) electrons. The van der Waals surface area contributed by atoms with Crippen molar-refractivity contribution in [3.8, 4) is 5.75 Å².